The number of carbonyl (C=O) groups is 6. The molecule has 26 heteroatoms. The van der Waals surface area contributed by atoms with Crippen molar-refractivity contribution in [3.63, 3.8) is 0 Å². The van der Waals surface area contributed by atoms with Crippen LogP contribution in [0.2, 0.25) is 0 Å². The van der Waals surface area contributed by atoms with Crippen LogP contribution >= 0.6 is 0 Å². The van der Waals surface area contributed by atoms with E-state index in [1.165, 1.54) is 140 Å². The minimum absolute atomic E-state index is 0.0404. The monoisotopic (exact) mass is 2020 g/mol. The lowest BCUT2D eigenvalue weighted by molar-refractivity contribution is -0.927. The third kappa shape index (κ3) is 101. The summed E-state index contributed by atoms with van der Waals surface area (Å²) in [5.41, 5.74) is 6.64. The predicted molar refractivity (Wildman–Crippen MR) is 605 cm³/mol. The van der Waals surface area contributed by atoms with Crippen molar-refractivity contribution in [3.05, 3.63) is 218 Å². The quantitative estimate of drug-likeness (QED) is 0.0141. The number of nitrogens with one attached hydrogen (secondary N) is 4. The molecule has 4 amide bonds. The molecule has 4 N–H and O–H groups in total. The van der Waals surface area contributed by atoms with Crippen LogP contribution in [0.4, 0.5) is 0 Å². The van der Waals surface area contributed by atoms with Gasteiger partial charge in [-0.3, -0.25) is 19.2 Å². The van der Waals surface area contributed by atoms with Gasteiger partial charge in [0.05, 0.1) is 325 Å². The van der Waals surface area contributed by atoms with Gasteiger partial charge in [0.15, 0.2) is 0 Å². The summed E-state index contributed by atoms with van der Waals surface area (Å²) in [6, 6.07) is 41.6. The summed E-state index contributed by atoms with van der Waals surface area (Å²) in [4.78, 5) is 65.0. The van der Waals surface area contributed by atoms with E-state index in [0.717, 1.165) is 193 Å². The fourth-order valence-electron chi connectivity index (χ4n) is 13.4. The Balaban J connectivity index is -0.000000367. The first kappa shape index (κ1) is 145. The number of amides is 4. The largest absolute Gasteiger partial charge is 0.462 e. The number of likely N-dealkylation sites (N-methyl/N-ethyl adjacent to an activating group) is 6. The molecule has 0 saturated carbocycles. The first-order chi connectivity index (χ1) is 66.7. The fourth-order valence-corrected chi connectivity index (χ4v) is 13.4. The Morgan fingerprint density at radius 1 is 0.266 bits per heavy atom. The van der Waals surface area contributed by atoms with Gasteiger partial charge in [0.1, 0.15) is 26.2 Å². The van der Waals surface area contributed by atoms with E-state index in [0.29, 0.717) is 43.0 Å². The summed E-state index contributed by atoms with van der Waals surface area (Å²) < 4.78 is 42.8. The Bertz CT molecular complexity index is 3780. The molecule has 0 aliphatic rings. The average molecular weight is 2020 g/mol. The molecule has 0 fully saturated rings. The molecule has 4 rings (SSSR count). The minimum Gasteiger partial charge on any atom is -0.462 e. The number of unbranched alkanes of at least 4 members (excludes halogenated alkanes) is 1. The third-order valence-corrected chi connectivity index (χ3v) is 22.7. The number of rotatable bonds is 62. The van der Waals surface area contributed by atoms with Gasteiger partial charge in [-0.05, 0) is 115 Å². The predicted octanol–water partition coefficient (Wildman–Crippen LogP) is 16.7. The second-order valence-electron chi connectivity index (χ2n) is 44.0. The smallest absolute Gasteiger partial charge is 0.333 e. The number of hydrogen-bond acceptors (Lipinski definition) is 12. The number of benzene rings is 4. The Kier molecular flexibility index (Phi) is 87.0. The molecule has 1 unspecified atom stereocenters. The number of hydrogen-bond donors (Lipinski definition) is 4. The van der Waals surface area contributed by atoms with Crippen molar-refractivity contribution < 1.29 is 102 Å². The van der Waals surface area contributed by atoms with Crippen LogP contribution < -0.4 is 21.3 Å². The van der Waals surface area contributed by atoms with E-state index >= 15 is 0 Å². The van der Waals surface area contributed by atoms with Gasteiger partial charge in [-0.15, -0.1) is 0 Å². The van der Waals surface area contributed by atoms with Crippen LogP contribution in [0.5, 0.6) is 0 Å². The van der Waals surface area contributed by atoms with E-state index < -0.39 is 0 Å². The van der Waals surface area contributed by atoms with E-state index in [1.807, 2.05) is 30.3 Å². The van der Waals surface area contributed by atoms with Crippen LogP contribution in [0.15, 0.2) is 196 Å². The maximum absolute atomic E-state index is 11.1. The van der Waals surface area contributed by atoms with Crippen LogP contribution in [0.1, 0.15) is 163 Å². The molecule has 0 spiro atoms. The van der Waals surface area contributed by atoms with E-state index in [9.17, 15) is 28.8 Å². The van der Waals surface area contributed by atoms with Crippen molar-refractivity contribution in [2.24, 2.45) is 0 Å². The summed E-state index contributed by atoms with van der Waals surface area (Å²) in [6.07, 6.45) is 13.9. The molecule has 0 aliphatic carbocycles. The molecular weight excluding hydrogens is 1790 g/mol. The van der Waals surface area contributed by atoms with E-state index in [2.05, 4.69) is 362 Å². The van der Waals surface area contributed by atoms with Gasteiger partial charge in [-0.1, -0.05) is 195 Å². The lowest BCUT2D eigenvalue weighted by Gasteiger charge is -2.37. The molecule has 822 valence electrons. The highest BCUT2D eigenvalue weighted by molar-refractivity contribution is 5.92. The Morgan fingerprint density at radius 2 is 0.524 bits per heavy atom. The maximum Gasteiger partial charge on any atom is 0.333 e. The highest BCUT2D eigenvalue weighted by Gasteiger charge is 2.26. The van der Waals surface area contributed by atoms with Gasteiger partial charge in [0.2, 0.25) is 23.6 Å². The Morgan fingerprint density at radius 3 is 0.790 bits per heavy atom. The zero-order valence-electron chi connectivity index (χ0n) is 98.1. The molecule has 0 bridgehead atoms. The van der Waals surface area contributed by atoms with Gasteiger partial charge in [0, 0.05) is 61.6 Å². The minimum atomic E-state index is -0.337. The van der Waals surface area contributed by atoms with E-state index in [-0.39, 0.29) is 35.6 Å². The molecule has 0 aromatic heterocycles. The number of esters is 2. The zero-order valence-corrected chi connectivity index (χ0v) is 98.1. The molecule has 1 atom stereocenters. The summed E-state index contributed by atoms with van der Waals surface area (Å²) in [5, 5.41) is 11.0. The summed E-state index contributed by atoms with van der Waals surface area (Å²) in [6.45, 7) is 78.1. The number of carbonyl (C=O) groups excluding carboxylic acids is 6. The van der Waals surface area contributed by atoms with Crippen LogP contribution in [0.3, 0.4) is 0 Å². The standard InChI is InChI=1S/C18H32NO.C17H30NO.C15H26NO.C12H20NO.C10H20N2O.C10H20NO2.2C9H18N2O.C9H18NO2.C8H16N2O/c1-4-7-14-19(6-3,13-5-2)15-16-20-17-18-11-9-8-10-12-18;1-4-12-18(6-3,13-5-2)14-15-19-16-17-10-8-7-9-11-17;1-4-16(5-2,6-3)12-13-17-14-15-10-8-7-9-11-15;1-13(2,3)9-10-14-11-12-7-5-4-6-8-12;1-9(2)10(13)11-7-6-8-12(3,4)5;1-9(2)10(12)13-8-6-7-11(3,4)5;1-8(2)9(12)10-6-7-11(3,4)5;1-5-9(12)10-7-6-8-11(2,3)4;1-5-9(11)12-8-6-7-10(2,3)4;1-5-8(11)9-6-7-10(2,3)4/h8-12H,4-7,13-17H2,1-3H3;7-11H,4-6,12-16H2,1-3H3;7-11H,4-6,12-14H2,1-3H3;4-8H,9-11H2,1-3H3;2*1,6-8H2,2-5H3;1,6-7H2,2-5H3;2*5H,1,6-8H2,2-4H3;5H,1,6-7H2,2-4H3/q4*+1;;+1;;;+1;/p+4. The SMILES string of the molecule is C=C(C)C(=O)NCCC[N+](C)(C)C.C=C(C)C(=O)NCC[N+](C)(C)C.C=C(C)C(=O)OCCC[N+](C)(C)C.C=CC(=O)NCCC[N+](C)(C)C.C=CC(=O)NCC[N+](C)(C)C.C=CC(=O)OCCC[N+](C)(C)C.CCCC[N+](CC)(CCC)CCOCc1ccccc1.CCC[N+](CC)(CCC)CCOCc1ccccc1.CC[N+](CC)(CC)CCOCc1ccccc1.C[N+](C)(C)CCOCc1ccccc1. The highest BCUT2D eigenvalue weighted by Crippen LogP contribution is 2.15. The van der Waals surface area contributed by atoms with Gasteiger partial charge in [-0.2, -0.15) is 0 Å². The van der Waals surface area contributed by atoms with Crippen molar-refractivity contribution >= 4 is 35.6 Å². The number of nitrogens with zero attached hydrogens (tertiary/aromatic N) is 10. The van der Waals surface area contributed by atoms with Gasteiger partial charge in [0.25, 0.3) is 0 Å². The van der Waals surface area contributed by atoms with Gasteiger partial charge < -0.3 is 94.5 Å². The molecule has 4 aromatic rings. The number of quaternary nitrogens is 10. The molecule has 0 saturated heterocycles. The first-order valence-corrected chi connectivity index (χ1v) is 52.7. The highest BCUT2D eigenvalue weighted by atomic mass is 16.5. The second-order valence-corrected chi connectivity index (χ2v) is 44.0. The molecular formula is C117H222N14O12+10. The lowest BCUT2D eigenvalue weighted by Crippen LogP contribution is -2.51. The topological polar surface area (TPSA) is 206 Å². The molecule has 26 nitrogen and oxygen atoms in total. The van der Waals surface area contributed by atoms with Crippen LogP contribution in [0.25, 0.3) is 0 Å². The van der Waals surface area contributed by atoms with Crippen molar-refractivity contribution in [2.45, 2.75) is 167 Å². The Labute approximate surface area is 877 Å². The fraction of sp³-hybridized carbons (Fsp3) is 0.641. The Hall–Kier alpha value is -8.42. The van der Waals surface area contributed by atoms with E-state index in [4.69, 9.17) is 28.4 Å². The summed E-state index contributed by atoms with van der Waals surface area (Å²) in [5.74, 6) is -0.905. The average Bonchev–Trinajstić information content (AvgIpc) is 0.877. The first-order valence-electron chi connectivity index (χ1n) is 52.7. The molecule has 0 heterocycles. The van der Waals surface area contributed by atoms with Crippen LogP contribution in [0, 0.1) is 0 Å². The molecule has 0 aliphatic heterocycles. The van der Waals surface area contributed by atoms with Crippen LogP contribution in [-0.4, -0.2) is 419 Å². The molecule has 143 heavy (non-hydrogen) atoms. The van der Waals surface area contributed by atoms with Crippen molar-refractivity contribution in [2.75, 3.05) is 338 Å². The molecule has 4 aromatic carbocycles. The zero-order chi connectivity index (χ0) is 111. The third-order valence-electron chi connectivity index (χ3n) is 22.7. The summed E-state index contributed by atoms with van der Waals surface area (Å²) in [7, 11) is 44.5. The molecule has 0 radical (unpaired) electrons. The van der Waals surface area contributed by atoms with Crippen LogP contribution in [-0.2, 0) is 83.6 Å². The van der Waals surface area contributed by atoms with Crippen molar-refractivity contribution in [1.29, 1.82) is 0 Å². The lowest BCUT2D eigenvalue weighted by atomic mass is 10.2. The van der Waals surface area contributed by atoms with Gasteiger partial charge >= 0.3 is 11.9 Å². The van der Waals surface area contributed by atoms with Crippen molar-refractivity contribution in [1.82, 2.24) is 21.3 Å². The number of ether oxygens (including phenoxy) is 6. The van der Waals surface area contributed by atoms with Gasteiger partial charge in [-0.25, -0.2) is 9.59 Å². The maximum atomic E-state index is 11.1. The second kappa shape index (κ2) is 85.6. The van der Waals surface area contributed by atoms with Crippen molar-refractivity contribution in [3.8, 4) is 0 Å². The van der Waals surface area contributed by atoms with E-state index in [1.54, 1.807) is 20.8 Å². The summed E-state index contributed by atoms with van der Waals surface area (Å²) >= 11 is 0. The normalized spacial score (nSPS) is 11.7.